The highest BCUT2D eigenvalue weighted by molar-refractivity contribution is 5.45. The monoisotopic (exact) mass is 297 g/mol. The van der Waals surface area contributed by atoms with Crippen molar-refractivity contribution < 1.29 is 22.8 Å². The summed E-state index contributed by atoms with van der Waals surface area (Å²) < 4.78 is 42.6. The molecule has 0 aliphatic carbocycles. The summed E-state index contributed by atoms with van der Waals surface area (Å²) in [5.74, 6) is 0.536. The van der Waals surface area contributed by atoms with Gasteiger partial charge in [0.15, 0.2) is 0 Å². The highest BCUT2D eigenvalue weighted by atomic mass is 19.4. The van der Waals surface area contributed by atoms with Crippen LogP contribution in [0.25, 0.3) is 0 Å². The summed E-state index contributed by atoms with van der Waals surface area (Å²) in [5, 5.41) is 10.7. The number of hydrogen-bond acceptors (Lipinski definition) is 3. The minimum absolute atomic E-state index is 0.0465. The van der Waals surface area contributed by atoms with Gasteiger partial charge in [0.25, 0.3) is 5.69 Å². The number of halogens is 3. The lowest BCUT2D eigenvalue weighted by Gasteiger charge is -2.09. The topological polar surface area (TPSA) is 52.4 Å². The number of rotatable bonds is 3. The summed E-state index contributed by atoms with van der Waals surface area (Å²) in [5.41, 5.74) is -0.408. The number of nitro benzene ring substituents is 1. The maximum atomic E-state index is 12.4. The van der Waals surface area contributed by atoms with Crippen LogP contribution < -0.4 is 4.74 Å². The third-order valence-electron chi connectivity index (χ3n) is 2.78. The Bertz CT molecular complexity index is 666. The molecule has 0 saturated heterocycles. The fraction of sp³-hybridized carbons (Fsp3) is 0.143. The summed E-state index contributed by atoms with van der Waals surface area (Å²) in [7, 11) is 0. The van der Waals surface area contributed by atoms with Crippen molar-refractivity contribution in [2.24, 2.45) is 0 Å². The summed E-state index contributed by atoms with van der Waals surface area (Å²) >= 11 is 0. The van der Waals surface area contributed by atoms with Gasteiger partial charge in [-0.2, -0.15) is 13.2 Å². The lowest BCUT2D eigenvalue weighted by atomic mass is 10.2. The summed E-state index contributed by atoms with van der Waals surface area (Å²) in [6, 6.07) is 8.34. The average molecular weight is 297 g/mol. The molecule has 0 saturated carbocycles. The molecule has 0 heterocycles. The van der Waals surface area contributed by atoms with Gasteiger partial charge in [0.05, 0.1) is 10.5 Å². The maximum absolute atomic E-state index is 12.4. The Labute approximate surface area is 117 Å². The molecule has 0 radical (unpaired) electrons. The number of benzene rings is 2. The van der Waals surface area contributed by atoms with E-state index < -0.39 is 16.7 Å². The molecular formula is C14H10F3NO3. The Morgan fingerprint density at radius 2 is 1.62 bits per heavy atom. The van der Waals surface area contributed by atoms with E-state index in [0.29, 0.717) is 11.3 Å². The van der Waals surface area contributed by atoms with Gasteiger partial charge in [-0.1, -0.05) is 0 Å². The van der Waals surface area contributed by atoms with Gasteiger partial charge in [-0.3, -0.25) is 10.1 Å². The molecule has 0 spiro atoms. The first-order valence-corrected chi connectivity index (χ1v) is 5.87. The molecule has 2 aromatic rings. The van der Waals surface area contributed by atoms with Crippen LogP contribution in [0.3, 0.4) is 0 Å². The van der Waals surface area contributed by atoms with Crippen molar-refractivity contribution >= 4 is 5.69 Å². The van der Waals surface area contributed by atoms with Crippen LogP contribution >= 0.6 is 0 Å². The minimum Gasteiger partial charge on any atom is -0.457 e. The second-order valence-electron chi connectivity index (χ2n) is 4.33. The van der Waals surface area contributed by atoms with E-state index in [1.807, 2.05) is 0 Å². The average Bonchev–Trinajstić information content (AvgIpc) is 2.38. The van der Waals surface area contributed by atoms with Crippen molar-refractivity contribution in [3.05, 3.63) is 63.7 Å². The van der Waals surface area contributed by atoms with Gasteiger partial charge >= 0.3 is 6.18 Å². The zero-order chi connectivity index (χ0) is 15.6. The van der Waals surface area contributed by atoms with Gasteiger partial charge in [0.1, 0.15) is 11.5 Å². The van der Waals surface area contributed by atoms with Crippen molar-refractivity contribution in [3.63, 3.8) is 0 Å². The molecule has 0 fully saturated rings. The van der Waals surface area contributed by atoms with Crippen molar-refractivity contribution in [2.45, 2.75) is 13.1 Å². The number of aryl methyl sites for hydroxylation is 1. The molecule has 110 valence electrons. The Morgan fingerprint density at radius 1 is 1.05 bits per heavy atom. The second kappa shape index (κ2) is 5.43. The quantitative estimate of drug-likeness (QED) is 0.608. The van der Waals surface area contributed by atoms with E-state index in [1.165, 1.54) is 30.3 Å². The van der Waals surface area contributed by atoms with Gasteiger partial charge in [-0.25, -0.2) is 0 Å². The Hall–Kier alpha value is -2.57. The highest BCUT2D eigenvalue weighted by Crippen LogP contribution is 2.32. The Kier molecular flexibility index (Phi) is 3.84. The van der Waals surface area contributed by atoms with Crippen LogP contribution in [0, 0.1) is 17.0 Å². The van der Waals surface area contributed by atoms with E-state index in [9.17, 15) is 23.3 Å². The van der Waals surface area contributed by atoms with E-state index in [1.54, 1.807) is 6.92 Å². The molecule has 7 heteroatoms. The van der Waals surface area contributed by atoms with Gasteiger partial charge in [0, 0.05) is 11.6 Å². The molecule has 2 rings (SSSR count). The van der Waals surface area contributed by atoms with Gasteiger partial charge in [0.2, 0.25) is 0 Å². The van der Waals surface area contributed by atoms with Crippen LogP contribution in [-0.4, -0.2) is 4.92 Å². The van der Waals surface area contributed by atoms with Crippen LogP contribution in [0.4, 0.5) is 18.9 Å². The standard InChI is InChI=1S/C14H10F3NO3/c1-9-8-12(6-7-13(9)18(19)20)21-11-4-2-10(3-5-11)14(15,16)17/h2-8H,1H3. The van der Waals surface area contributed by atoms with Gasteiger partial charge < -0.3 is 4.74 Å². The molecule has 21 heavy (non-hydrogen) atoms. The zero-order valence-corrected chi connectivity index (χ0v) is 10.8. The van der Waals surface area contributed by atoms with Crippen LogP contribution in [-0.2, 0) is 6.18 Å². The predicted molar refractivity (Wildman–Crippen MR) is 69.4 cm³/mol. The molecule has 0 amide bonds. The maximum Gasteiger partial charge on any atom is 0.416 e. The molecule has 0 aromatic heterocycles. The Balaban J connectivity index is 2.19. The zero-order valence-electron chi connectivity index (χ0n) is 10.8. The van der Waals surface area contributed by atoms with E-state index in [-0.39, 0.29) is 11.4 Å². The SMILES string of the molecule is Cc1cc(Oc2ccc(C(F)(F)F)cc2)ccc1[N+](=O)[O-]. The molecule has 0 bridgehead atoms. The van der Waals surface area contributed by atoms with Crippen LogP contribution in [0.5, 0.6) is 11.5 Å². The fourth-order valence-electron chi connectivity index (χ4n) is 1.74. The first kappa shape index (κ1) is 14.8. The van der Waals surface area contributed by atoms with Crippen molar-refractivity contribution in [3.8, 4) is 11.5 Å². The van der Waals surface area contributed by atoms with Crippen LogP contribution in [0.2, 0.25) is 0 Å². The predicted octanol–water partition coefficient (Wildman–Crippen LogP) is 4.71. The summed E-state index contributed by atoms with van der Waals surface area (Å²) in [6.45, 7) is 1.55. The third-order valence-corrected chi connectivity index (χ3v) is 2.78. The van der Waals surface area contributed by atoms with Crippen molar-refractivity contribution in [2.75, 3.05) is 0 Å². The highest BCUT2D eigenvalue weighted by Gasteiger charge is 2.30. The normalized spacial score (nSPS) is 11.2. The lowest BCUT2D eigenvalue weighted by molar-refractivity contribution is -0.385. The molecule has 0 atom stereocenters. The summed E-state index contributed by atoms with van der Waals surface area (Å²) in [4.78, 5) is 10.2. The smallest absolute Gasteiger partial charge is 0.416 e. The molecule has 0 aliphatic heterocycles. The number of ether oxygens (including phenoxy) is 1. The van der Waals surface area contributed by atoms with Crippen LogP contribution in [0.1, 0.15) is 11.1 Å². The summed E-state index contributed by atoms with van der Waals surface area (Å²) in [6.07, 6.45) is -4.40. The van der Waals surface area contributed by atoms with Gasteiger partial charge in [-0.05, 0) is 43.3 Å². The molecule has 0 N–H and O–H groups in total. The van der Waals surface area contributed by atoms with Crippen molar-refractivity contribution in [1.82, 2.24) is 0 Å². The van der Waals surface area contributed by atoms with E-state index in [4.69, 9.17) is 4.74 Å². The third kappa shape index (κ3) is 3.50. The molecule has 2 aromatic carbocycles. The molecule has 0 unspecified atom stereocenters. The fourth-order valence-corrected chi connectivity index (χ4v) is 1.74. The molecule has 4 nitrogen and oxygen atoms in total. The van der Waals surface area contributed by atoms with E-state index in [2.05, 4.69) is 0 Å². The molecule has 0 aliphatic rings. The van der Waals surface area contributed by atoms with Gasteiger partial charge in [-0.15, -0.1) is 0 Å². The Morgan fingerprint density at radius 3 is 2.10 bits per heavy atom. The van der Waals surface area contributed by atoms with Crippen LogP contribution in [0.15, 0.2) is 42.5 Å². The lowest BCUT2D eigenvalue weighted by Crippen LogP contribution is -2.04. The number of nitrogens with zero attached hydrogens (tertiary/aromatic N) is 1. The number of alkyl halides is 3. The number of hydrogen-bond donors (Lipinski definition) is 0. The van der Waals surface area contributed by atoms with Crippen molar-refractivity contribution in [1.29, 1.82) is 0 Å². The largest absolute Gasteiger partial charge is 0.457 e. The number of nitro groups is 1. The first-order chi connectivity index (χ1) is 9.77. The minimum atomic E-state index is -4.40. The second-order valence-corrected chi connectivity index (χ2v) is 4.33. The van der Waals surface area contributed by atoms with E-state index in [0.717, 1.165) is 12.1 Å². The molecular weight excluding hydrogens is 287 g/mol. The van der Waals surface area contributed by atoms with E-state index >= 15 is 0 Å². The first-order valence-electron chi connectivity index (χ1n) is 5.87.